The summed E-state index contributed by atoms with van der Waals surface area (Å²) in [4.78, 5) is 0. The lowest BCUT2D eigenvalue weighted by atomic mass is 9.90. The molecule has 0 aromatic heterocycles. The van der Waals surface area contributed by atoms with E-state index in [-0.39, 0.29) is 17.3 Å². The van der Waals surface area contributed by atoms with Crippen molar-refractivity contribution in [3.8, 4) is 0 Å². The highest BCUT2D eigenvalue weighted by Crippen LogP contribution is 2.53. The van der Waals surface area contributed by atoms with Crippen LogP contribution >= 0.6 is 0 Å². The fourth-order valence-electron chi connectivity index (χ4n) is 2.28. The Balaban J connectivity index is 2.27. The summed E-state index contributed by atoms with van der Waals surface area (Å²) in [6.07, 6.45) is 2.26. The van der Waals surface area contributed by atoms with E-state index >= 15 is 0 Å². The standard InChI is InChI=1S/C12H17FN2/c1-15-11(12(8-14)5-6-12)9-3-2-4-10(13)7-9/h2-4,7,11,15H,5-6,8,14H2,1H3. The molecule has 2 rings (SSSR count). The molecule has 0 bridgehead atoms. The molecule has 1 aromatic rings. The Kier molecular flexibility index (Phi) is 2.76. The lowest BCUT2D eigenvalue weighted by molar-refractivity contribution is 0.365. The van der Waals surface area contributed by atoms with Crippen LogP contribution in [-0.2, 0) is 0 Å². The Morgan fingerprint density at radius 3 is 2.73 bits per heavy atom. The summed E-state index contributed by atoms with van der Waals surface area (Å²) in [5.74, 6) is -0.180. The molecule has 1 fully saturated rings. The van der Waals surface area contributed by atoms with Crippen molar-refractivity contribution in [3.63, 3.8) is 0 Å². The number of nitrogens with one attached hydrogen (secondary N) is 1. The van der Waals surface area contributed by atoms with Gasteiger partial charge in [-0.25, -0.2) is 4.39 Å². The van der Waals surface area contributed by atoms with E-state index in [2.05, 4.69) is 5.32 Å². The van der Waals surface area contributed by atoms with Crippen molar-refractivity contribution < 1.29 is 4.39 Å². The summed E-state index contributed by atoms with van der Waals surface area (Å²) in [6.45, 7) is 0.662. The summed E-state index contributed by atoms with van der Waals surface area (Å²) in [7, 11) is 1.91. The van der Waals surface area contributed by atoms with Crippen LogP contribution in [0.2, 0.25) is 0 Å². The van der Waals surface area contributed by atoms with Gasteiger partial charge in [-0.2, -0.15) is 0 Å². The van der Waals surface area contributed by atoms with Crippen LogP contribution in [0.1, 0.15) is 24.4 Å². The highest BCUT2D eigenvalue weighted by atomic mass is 19.1. The molecule has 1 unspecified atom stereocenters. The molecular formula is C12H17FN2. The van der Waals surface area contributed by atoms with E-state index in [9.17, 15) is 4.39 Å². The number of benzene rings is 1. The summed E-state index contributed by atoms with van der Waals surface area (Å²) >= 11 is 0. The quantitative estimate of drug-likeness (QED) is 0.792. The smallest absolute Gasteiger partial charge is 0.123 e. The van der Waals surface area contributed by atoms with Gasteiger partial charge in [-0.3, -0.25) is 0 Å². The van der Waals surface area contributed by atoms with Gasteiger partial charge in [0.05, 0.1) is 0 Å². The van der Waals surface area contributed by atoms with Crippen LogP contribution in [0.5, 0.6) is 0 Å². The number of rotatable bonds is 4. The summed E-state index contributed by atoms with van der Waals surface area (Å²) in [6, 6.07) is 6.95. The van der Waals surface area contributed by atoms with Crippen LogP contribution in [0.25, 0.3) is 0 Å². The molecule has 82 valence electrons. The second kappa shape index (κ2) is 3.91. The zero-order chi connectivity index (χ0) is 10.9. The van der Waals surface area contributed by atoms with Crippen molar-refractivity contribution in [2.45, 2.75) is 18.9 Å². The second-order valence-electron chi connectivity index (χ2n) is 4.34. The van der Waals surface area contributed by atoms with E-state index in [1.807, 2.05) is 13.1 Å². The van der Waals surface area contributed by atoms with Gasteiger partial charge in [-0.05, 0) is 44.1 Å². The average Bonchev–Trinajstić information content (AvgIpc) is 3.00. The first kappa shape index (κ1) is 10.6. The highest BCUT2D eigenvalue weighted by molar-refractivity contribution is 5.25. The molecule has 2 nitrogen and oxygen atoms in total. The number of hydrogen-bond donors (Lipinski definition) is 2. The van der Waals surface area contributed by atoms with Gasteiger partial charge in [0.25, 0.3) is 0 Å². The molecule has 0 aliphatic heterocycles. The maximum atomic E-state index is 13.1. The fraction of sp³-hybridized carbons (Fsp3) is 0.500. The van der Waals surface area contributed by atoms with Crippen molar-refractivity contribution in [2.24, 2.45) is 11.1 Å². The lowest BCUT2D eigenvalue weighted by Gasteiger charge is -2.25. The van der Waals surface area contributed by atoms with E-state index in [1.54, 1.807) is 12.1 Å². The Morgan fingerprint density at radius 1 is 1.53 bits per heavy atom. The predicted molar refractivity (Wildman–Crippen MR) is 58.9 cm³/mol. The first-order valence-electron chi connectivity index (χ1n) is 5.35. The first-order chi connectivity index (χ1) is 7.22. The molecule has 1 atom stereocenters. The molecule has 3 heteroatoms. The topological polar surface area (TPSA) is 38.0 Å². The highest BCUT2D eigenvalue weighted by Gasteiger charge is 2.48. The first-order valence-corrected chi connectivity index (χ1v) is 5.35. The van der Waals surface area contributed by atoms with Crippen LogP contribution < -0.4 is 11.1 Å². The monoisotopic (exact) mass is 208 g/mol. The van der Waals surface area contributed by atoms with E-state index in [0.717, 1.165) is 18.4 Å². The third-order valence-electron chi connectivity index (χ3n) is 3.38. The van der Waals surface area contributed by atoms with Crippen LogP contribution in [0.4, 0.5) is 4.39 Å². The van der Waals surface area contributed by atoms with Crippen molar-refractivity contribution in [2.75, 3.05) is 13.6 Å². The lowest BCUT2D eigenvalue weighted by Crippen LogP contribution is -2.32. The predicted octanol–water partition coefficient (Wildman–Crippen LogP) is 1.83. The Labute approximate surface area is 89.7 Å². The Morgan fingerprint density at radius 2 is 2.27 bits per heavy atom. The minimum Gasteiger partial charge on any atom is -0.330 e. The van der Waals surface area contributed by atoms with E-state index in [4.69, 9.17) is 5.73 Å². The summed E-state index contributed by atoms with van der Waals surface area (Å²) < 4.78 is 13.1. The molecule has 0 radical (unpaired) electrons. The van der Waals surface area contributed by atoms with Gasteiger partial charge in [0, 0.05) is 11.5 Å². The zero-order valence-corrected chi connectivity index (χ0v) is 8.96. The van der Waals surface area contributed by atoms with Gasteiger partial charge in [-0.1, -0.05) is 12.1 Å². The summed E-state index contributed by atoms with van der Waals surface area (Å²) in [5, 5.41) is 3.25. The maximum absolute atomic E-state index is 13.1. The molecular weight excluding hydrogens is 191 g/mol. The van der Waals surface area contributed by atoms with E-state index in [1.165, 1.54) is 6.07 Å². The van der Waals surface area contributed by atoms with Crippen molar-refractivity contribution >= 4 is 0 Å². The van der Waals surface area contributed by atoms with Crippen LogP contribution in [0.15, 0.2) is 24.3 Å². The molecule has 0 spiro atoms. The van der Waals surface area contributed by atoms with Gasteiger partial charge in [0.15, 0.2) is 0 Å². The second-order valence-corrected chi connectivity index (χ2v) is 4.34. The van der Waals surface area contributed by atoms with Gasteiger partial charge in [0.1, 0.15) is 5.82 Å². The molecule has 0 amide bonds. The molecule has 1 aromatic carbocycles. The number of hydrogen-bond acceptors (Lipinski definition) is 2. The van der Waals surface area contributed by atoms with Gasteiger partial charge >= 0.3 is 0 Å². The van der Waals surface area contributed by atoms with Crippen molar-refractivity contribution in [1.29, 1.82) is 0 Å². The largest absolute Gasteiger partial charge is 0.330 e. The minimum absolute atomic E-state index is 0.155. The van der Waals surface area contributed by atoms with Gasteiger partial charge in [0.2, 0.25) is 0 Å². The number of halogens is 1. The van der Waals surface area contributed by atoms with Crippen molar-refractivity contribution in [1.82, 2.24) is 5.32 Å². The van der Waals surface area contributed by atoms with Gasteiger partial charge in [-0.15, -0.1) is 0 Å². The molecule has 1 saturated carbocycles. The molecule has 15 heavy (non-hydrogen) atoms. The van der Waals surface area contributed by atoms with Crippen molar-refractivity contribution in [3.05, 3.63) is 35.6 Å². The maximum Gasteiger partial charge on any atom is 0.123 e. The third kappa shape index (κ3) is 1.90. The van der Waals surface area contributed by atoms with Crippen LogP contribution in [0.3, 0.4) is 0 Å². The van der Waals surface area contributed by atoms with Crippen LogP contribution in [0, 0.1) is 11.2 Å². The molecule has 1 aliphatic carbocycles. The molecule has 0 saturated heterocycles. The SMILES string of the molecule is CNC(c1cccc(F)c1)C1(CN)CC1. The normalized spacial score (nSPS) is 19.9. The molecule has 1 aliphatic rings. The van der Waals surface area contributed by atoms with Gasteiger partial charge < -0.3 is 11.1 Å². The summed E-state index contributed by atoms with van der Waals surface area (Å²) in [5.41, 5.74) is 6.94. The number of nitrogens with two attached hydrogens (primary N) is 1. The van der Waals surface area contributed by atoms with E-state index < -0.39 is 0 Å². The molecule has 0 heterocycles. The Hall–Kier alpha value is -0.930. The third-order valence-corrected chi connectivity index (χ3v) is 3.38. The Bertz CT molecular complexity index is 347. The zero-order valence-electron chi connectivity index (χ0n) is 8.96. The van der Waals surface area contributed by atoms with E-state index in [0.29, 0.717) is 6.54 Å². The fourth-order valence-corrected chi connectivity index (χ4v) is 2.28. The molecule has 3 N–H and O–H groups in total. The minimum atomic E-state index is -0.180. The average molecular weight is 208 g/mol. The van der Waals surface area contributed by atoms with Crippen LogP contribution in [-0.4, -0.2) is 13.6 Å².